The molecule has 2 aromatic rings. The van der Waals surface area contributed by atoms with Gasteiger partial charge < -0.3 is 15.8 Å². The first-order valence-electron chi connectivity index (χ1n) is 6.40. The number of benzene rings is 1. The highest BCUT2D eigenvalue weighted by atomic mass is 35.5. The molecule has 3 N–H and O–H groups in total. The first-order chi connectivity index (χ1) is 9.56. The van der Waals surface area contributed by atoms with Gasteiger partial charge in [0.05, 0.1) is 6.10 Å². The van der Waals surface area contributed by atoms with Gasteiger partial charge in [0, 0.05) is 17.8 Å². The molecule has 20 heavy (non-hydrogen) atoms. The van der Waals surface area contributed by atoms with Gasteiger partial charge in [-0.2, -0.15) is 4.98 Å². The summed E-state index contributed by atoms with van der Waals surface area (Å²) in [5, 5.41) is 3.42. The van der Waals surface area contributed by atoms with E-state index in [0.717, 1.165) is 17.9 Å². The van der Waals surface area contributed by atoms with Gasteiger partial charge in [-0.1, -0.05) is 24.6 Å². The number of hydrogen-bond acceptors (Lipinski definition) is 5. The van der Waals surface area contributed by atoms with Crippen LogP contribution in [0.15, 0.2) is 30.3 Å². The van der Waals surface area contributed by atoms with Crippen molar-refractivity contribution in [3.63, 3.8) is 0 Å². The van der Waals surface area contributed by atoms with Crippen molar-refractivity contribution in [2.24, 2.45) is 0 Å². The zero-order valence-electron chi connectivity index (χ0n) is 11.4. The third-order valence-corrected chi connectivity index (χ3v) is 2.92. The predicted molar refractivity (Wildman–Crippen MR) is 81.6 cm³/mol. The van der Waals surface area contributed by atoms with Crippen LogP contribution in [0, 0.1) is 0 Å². The SMILES string of the molecule is CCC(C)Oc1cccc(Nc2cc(Cl)nc(N)n2)c1. The second-order valence-electron chi connectivity index (χ2n) is 4.42. The Morgan fingerprint density at radius 1 is 1.35 bits per heavy atom. The molecule has 6 heteroatoms. The lowest BCUT2D eigenvalue weighted by Crippen LogP contribution is -2.09. The minimum Gasteiger partial charge on any atom is -0.491 e. The minimum absolute atomic E-state index is 0.131. The molecule has 0 aliphatic heterocycles. The van der Waals surface area contributed by atoms with Crippen molar-refractivity contribution < 1.29 is 4.74 Å². The third-order valence-electron chi connectivity index (χ3n) is 2.73. The van der Waals surface area contributed by atoms with Crippen LogP contribution < -0.4 is 15.8 Å². The number of aromatic nitrogens is 2. The molecule has 0 spiro atoms. The first kappa shape index (κ1) is 14.4. The zero-order chi connectivity index (χ0) is 14.5. The lowest BCUT2D eigenvalue weighted by molar-refractivity contribution is 0.217. The number of halogens is 1. The lowest BCUT2D eigenvalue weighted by atomic mass is 10.2. The van der Waals surface area contributed by atoms with E-state index in [4.69, 9.17) is 22.1 Å². The van der Waals surface area contributed by atoms with Crippen LogP contribution >= 0.6 is 11.6 Å². The Morgan fingerprint density at radius 2 is 2.15 bits per heavy atom. The van der Waals surface area contributed by atoms with Crippen LogP contribution in [0.3, 0.4) is 0 Å². The van der Waals surface area contributed by atoms with E-state index in [1.165, 1.54) is 0 Å². The van der Waals surface area contributed by atoms with Gasteiger partial charge >= 0.3 is 0 Å². The number of anilines is 3. The smallest absolute Gasteiger partial charge is 0.223 e. The van der Waals surface area contributed by atoms with E-state index in [2.05, 4.69) is 22.2 Å². The monoisotopic (exact) mass is 292 g/mol. The Labute approximate surface area is 123 Å². The van der Waals surface area contributed by atoms with Gasteiger partial charge in [0.15, 0.2) is 0 Å². The van der Waals surface area contributed by atoms with Crippen molar-refractivity contribution in [3.05, 3.63) is 35.5 Å². The highest BCUT2D eigenvalue weighted by molar-refractivity contribution is 6.29. The van der Waals surface area contributed by atoms with E-state index in [0.29, 0.717) is 11.0 Å². The van der Waals surface area contributed by atoms with Crippen molar-refractivity contribution in [2.45, 2.75) is 26.4 Å². The standard InChI is InChI=1S/C14H17ClN4O/c1-3-9(2)20-11-6-4-5-10(7-11)17-13-8-12(15)18-14(16)19-13/h4-9H,3H2,1-2H3,(H3,16,17,18,19). The maximum Gasteiger partial charge on any atom is 0.223 e. The average molecular weight is 293 g/mol. The molecule has 0 saturated carbocycles. The van der Waals surface area contributed by atoms with Gasteiger partial charge in [-0.05, 0) is 25.5 Å². The molecular weight excluding hydrogens is 276 g/mol. The van der Waals surface area contributed by atoms with Gasteiger partial charge in [0.1, 0.15) is 16.7 Å². The quantitative estimate of drug-likeness (QED) is 0.823. The normalized spacial score (nSPS) is 11.9. The summed E-state index contributed by atoms with van der Waals surface area (Å²) in [5.41, 5.74) is 6.40. The topological polar surface area (TPSA) is 73.1 Å². The molecule has 1 atom stereocenters. The molecule has 2 rings (SSSR count). The summed E-state index contributed by atoms with van der Waals surface area (Å²) in [5.74, 6) is 1.48. The number of nitrogens with one attached hydrogen (secondary N) is 1. The van der Waals surface area contributed by atoms with Crippen LogP contribution in [0.25, 0.3) is 0 Å². The first-order valence-corrected chi connectivity index (χ1v) is 6.78. The number of ether oxygens (including phenoxy) is 1. The van der Waals surface area contributed by atoms with E-state index < -0.39 is 0 Å². The molecular formula is C14H17ClN4O. The summed E-state index contributed by atoms with van der Waals surface area (Å²) in [6.45, 7) is 4.11. The molecule has 106 valence electrons. The summed E-state index contributed by atoms with van der Waals surface area (Å²) in [6, 6.07) is 9.25. The molecule has 0 fully saturated rings. The Kier molecular flexibility index (Phi) is 4.63. The summed E-state index contributed by atoms with van der Waals surface area (Å²) in [4.78, 5) is 7.88. The minimum atomic E-state index is 0.131. The summed E-state index contributed by atoms with van der Waals surface area (Å²) in [7, 11) is 0. The third kappa shape index (κ3) is 3.99. The average Bonchev–Trinajstić information content (AvgIpc) is 2.37. The number of nitrogens with zero attached hydrogens (tertiary/aromatic N) is 2. The van der Waals surface area contributed by atoms with E-state index in [9.17, 15) is 0 Å². The Balaban J connectivity index is 2.15. The predicted octanol–water partition coefficient (Wildman–Crippen LogP) is 3.63. The maximum absolute atomic E-state index is 5.84. The Hall–Kier alpha value is -2.01. The largest absolute Gasteiger partial charge is 0.491 e. The fourth-order valence-corrected chi connectivity index (χ4v) is 1.80. The molecule has 5 nitrogen and oxygen atoms in total. The van der Waals surface area contributed by atoms with Crippen LogP contribution in [-0.4, -0.2) is 16.1 Å². The number of nitrogen functional groups attached to an aromatic ring is 1. The number of nitrogens with two attached hydrogens (primary N) is 1. The molecule has 0 radical (unpaired) electrons. The van der Waals surface area contributed by atoms with Gasteiger partial charge in [0.2, 0.25) is 5.95 Å². The number of rotatable bonds is 5. The van der Waals surface area contributed by atoms with Crippen molar-refractivity contribution in [1.29, 1.82) is 0 Å². The van der Waals surface area contributed by atoms with E-state index in [1.54, 1.807) is 6.07 Å². The summed E-state index contributed by atoms with van der Waals surface area (Å²) < 4.78 is 5.77. The van der Waals surface area contributed by atoms with E-state index in [1.807, 2.05) is 31.2 Å². The van der Waals surface area contributed by atoms with Crippen molar-refractivity contribution in [2.75, 3.05) is 11.1 Å². The molecule has 1 unspecified atom stereocenters. The number of hydrogen-bond donors (Lipinski definition) is 2. The molecule has 0 bridgehead atoms. The fraction of sp³-hybridized carbons (Fsp3) is 0.286. The van der Waals surface area contributed by atoms with Crippen LogP contribution in [0.2, 0.25) is 5.15 Å². The molecule has 0 amide bonds. The van der Waals surface area contributed by atoms with Gasteiger partial charge in [-0.3, -0.25) is 0 Å². The van der Waals surface area contributed by atoms with Crippen LogP contribution in [0.5, 0.6) is 5.75 Å². The van der Waals surface area contributed by atoms with Crippen LogP contribution in [0.4, 0.5) is 17.5 Å². The van der Waals surface area contributed by atoms with Crippen LogP contribution in [0.1, 0.15) is 20.3 Å². The van der Waals surface area contributed by atoms with Gasteiger partial charge in [-0.15, -0.1) is 0 Å². The molecule has 0 saturated heterocycles. The molecule has 1 aromatic carbocycles. The van der Waals surface area contributed by atoms with Crippen molar-refractivity contribution >= 4 is 29.1 Å². The molecule has 1 heterocycles. The van der Waals surface area contributed by atoms with Crippen molar-refractivity contribution in [3.8, 4) is 5.75 Å². The second kappa shape index (κ2) is 6.43. The fourth-order valence-electron chi connectivity index (χ4n) is 1.61. The van der Waals surface area contributed by atoms with Crippen molar-refractivity contribution in [1.82, 2.24) is 9.97 Å². The molecule has 0 aliphatic rings. The van der Waals surface area contributed by atoms with Gasteiger partial charge in [-0.25, -0.2) is 4.98 Å². The Morgan fingerprint density at radius 3 is 2.85 bits per heavy atom. The van der Waals surface area contributed by atoms with Crippen LogP contribution in [-0.2, 0) is 0 Å². The Bertz CT molecular complexity index is 571. The summed E-state index contributed by atoms with van der Waals surface area (Å²) in [6.07, 6.45) is 1.13. The zero-order valence-corrected chi connectivity index (χ0v) is 12.2. The maximum atomic E-state index is 5.84. The lowest BCUT2D eigenvalue weighted by Gasteiger charge is -2.14. The van der Waals surface area contributed by atoms with Gasteiger partial charge in [0.25, 0.3) is 0 Å². The second-order valence-corrected chi connectivity index (χ2v) is 4.81. The van der Waals surface area contributed by atoms with E-state index in [-0.39, 0.29) is 12.1 Å². The summed E-state index contributed by atoms with van der Waals surface area (Å²) >= 11 is 5.84. The highest BCUT2D eigenvalue weighted by Crippen LogP contribution is 2.23. The molecule has 1 aromatic heterocycles. The van der Waals surface area contributed by atoms with E-state index >= 15 is 0 Å². The highest BCUT2D eigenvalue weighted by Gasteiger charge is 2.04. The molecule has 0 aliphatic carbocycles.